The molecule has 0 radical (unpaired) electrons. The third-order valence-electron chi connectivity index (χ3n) is 7.06. The fourth-order valence-corrected chi connectivity index (χ4v) is 4.78. The molecule has 4 atom stereocenters. The van der Waals surface area contributed by atoms with Gasteiger partial charge in [-0.1, -0.05) is 66.7 Å². The van der Waals surface area contributed by atoms with Crippen LogP contribution < -0.4 is 33.0 Å². The molecule has 9 N–H and O–H groups in total. The second-order valence-electron chi connectivity index (χ2n) is 12.1. The molecule has 0 aliphatic carbocycles. The Kier molecular flexibility index (Phi) is 18.2. The number of primary amides is 1. The maximum Gasteiger partial charge on any atom is 0.243 e. The van der Waals surface area contributed by atoms with Crippen LogP contribution in [-0.4, -0.2) is 70.0 Å². The summed E-state index contributed by atoms with van der Waals surface area (Å²) in [7, 11) is 0. The van der Waals surface area contributed by atoms with E-state index in [0.717, 1.165) is 19.3 Å². The van der Waals surface area contributed by atoms with Crippen molar-refractivity contribution in [2.24, 2.45) is 23.4 Å². The van der Waals surface area contributed by atoms with E-state index in [1.165, 1.54) is 31.8 Å². The van der Waals surface area contributed by atoms with Crippen LogP contribution in [0.2, 0.25) is 0 Å². The first-order valence-electron chi connectivity index (χ1n) is 15.5. The normalized spacial score (nSPS) is 14.2. The Morgan fingerprint density at radius 1 is 0.814 bits per heavy atom. The van der Waals surface area contributed by atoms with Gasteiger partial charge in [-0.2, -0.15) is 0 Å². The van der Waals surface area contributed by atoms with E-state index in [0.29, 0.717) is 25.1 Å². The second-order valence-corrected chi connectivity index (χ2v) is 12.1. The van der Waals surface area contributed by atoms with Crippen LogP contribution in [0.4, 0.5) is 0 Å². The number of nitrogens with zero attached hydrogens (tertiary/aromatic N) is 1. The van der Waals surface area contributed by atoms with Crippen molar-refractivity contribution >= 4 is 29.3 Å². The number of imidazole rings is 1. The molecular weight excluding hydrogens is 552 g/mol. The fraction of sp³-hybridized carbons (Fsp3) is 0.733. The SMILES string of the molecule is CCCCCCCCN[C@@H](CC(C)C)C(=O)C(=O)[C@H](Cc1cnc[nH]1)NC(=O)C(CC(N)=O)NC(=O)[C@H](CC(C)C)NN. The Morgan fingerprint density at radius 2 is 1.37 bits per heavy atom. The van der Waals surface area contributed by atoms with Gasteiger partial charge < -0.3 is 26.7 Å². The number of hydrogen-bond donors (Lipinski definition) is 7. The van der Waals surface area contributed by atoms with Crippen LogP contribution in [0.3, 0.4) is 0 Å². The molecule has 1 heterocycles. The van der Waals surface area contributed by atoms with Crippen LogP contribution in [0.5, 0.6) is 0 Å². The summed E-state index contributed by atoms with van der Waals surface area (Å²) in [6.07, 6.45) is 9.79. The van der Waals surface area contributed by atoms with Crippen molar-refractivity contribution < 1.29 is 24.0 Å². The van der Waals surface area contributed by atoms with Crippen molar-refractivity contribution in [2.75, 3.05) is 6.54 Å². The quantitative estimate of drug-likeness (QED) is 0.0389. The number of aromatic nitrogens is 2. The number of rotatable bonds is 24. The molecule has 13 heteroatoms. The number of amides is 3. The summed E-state index contributed by atoms with van der Waals surface area (Å²) in [5, 5.41) is 8.36. The molecule has 0 aromatic carbocycles. The van der Waals surface area contributed by atoms with Gasteiger partial charge in [0.05, 0.1) is 24.8 Å². The highest BCUT2D eigenvalue weighted by atomic mass is 16.2. The molecule has 1 rings (SSSR count). The minimum Gasteiger partial charge on any atom is -0.370 e. The second kappa shape index (κ2) is 20.7. The lowest BCUT2D eigenvalue weighted by molar-refractivity contribution is -0.140. The molecule has 0 saturated heterocycles. The predicted octanol–water partition coefficient (Wildman–Crippen LogP) is 1.18. The highest BCUT2D eigenvalue weighted by Gasteiger charge is 2.35. The third kappa shape index (κ3) is 15.2. The Morgan fingerprint density at radius 3 is 1.93 bits per heavy atom. The molecular formula is C30H54N8O5. The van der Waals surface area contributed by atoms with E-state index >= 15 is 0 Å². The summed E-state index contributed by atoms with van der Waals surface area (Å²) < 4.78 is 0. The van der Waals surface area contributed by atoms with Crippen LogP contribution in [-0.2, 0) is 30.4 Å². The number of carbonyl (C=O) groups excluding carboxylic acids is 5. The van der Waals surface area contributed by atoms with Gasteiger partial charge in [-0.25, -0.2) is 10.4 Å². The van der Waals surface area contributed by atoms with Crippen molar-refractivity contribution in [1.82, 2.24) is 31.3 Å². The summed E-state index contributed by atoms with van der Waals surface area (Å²) in [5.74, 6) is 2.13. The van der Waals surface area contributed by atoms with Crippen molar-refractivity contribution in [3.8, 4) is 0 Å². The van der Waals surface area contributed by atoms with Crippen molar-refractivity contribution in [3.63, 3.8) is 0 Å². The molecule has 0 aliphatic heterocycles. The summed E-state index contributed by atoms with van der Waals surface area (Å²) in [5.41, 5.74) is 8.31. The van der Waals surface area contributed by atoms with E-state index in [2.05, 4.69) is 38.3 Å². The highest BCUT2D eigenvalue weighted by molar-refractivity contribution is 6.41. The number of nitrogens with one attached hydrogen (secondary N) is 5. The Balaban J connectivity index is 3.10. The first-order chi connectivity index (χ1) is 20.4. The standard InChI is InChI=1S/C30H54N8O5/c1-6-7-8-9-10-11-12-34-22(13-19(2)3)27(40)28(41)23(15-21-17-33-18-35-21)36-29(42)24(16-26(31)39)37-30(43)25(38-32)14-20(4)5/h17-20,22-25,34,38H,6-16,32H2,1-5H3,(H2,31,39)(H,33,35)(H,36,42)(H,37,43)/t22-,23-,24?,25-/m0/s1. The van der Waals surface area contributed by atoms with E-state index < -0.39 is 59.9 Å². The molecule has 0 fully saturated rings. The van der Waals surface area contributed by atoms with Gasteiger partial charge >= 0.3 is 0 Å². The molecule has 0 spiro atoms. The summed E-state index contributed by atoms with van der Waals surface area (Å²) in [4.78, 5) is 72.1. The smallest absolute Gasteiger partial charge is 0.243 e. The lowest BCUT2D eigenvalue weighted by Gasteiger charge is -2.25. The summed E-state index contributed by atoms with van der Waals surface area (Å²) in [6.45, 7) is 10.5. The Labute approximate surface area is 255 Å². The van der Waals surface area contributed by atoms with Gasteiger partial charge in [-0.05, 0) is 37.6 Å². The van der Waals surface area contributed by atoms with E-state index in [4.69, 9.17) is 11.6 Å². The van der Waals surface area contributed by atoms with Gasteiger partial charge in [-0.3, -0.25) is 29.8 Å². The van der Waals surface area contributed by atoms with Crippen molar-refractivity contribution in [2.45, 2.75) is 123 Å². The molecule has 1 unspecified atom stereocenters. The number of aromatic amines is 1. The van der Waals surface area contributed by atoms with Gasteiger partial charge in [0, 0.05) is 18.3 Å². The van der Waals surface area contributed by atoms with Crippen LogP contribution in [0, 0.1) is 11.8 Å². The number of H-pyrrole nitrogens is 1. The average Bonchev–Trinajstić information content (AvgIpc) is 3.45. The van der Waals surface area contributed by atoms with E-state index in [-0.39, 0.29) is 18.3 Å². The van der Waals surface area contributed by atoms with Gasteiger partial charge in [0.1, 0.15) is 12.1 Å². The minimum atomic E-state index is -1.38. The fourth-order valence-electron chi connectivity index (χ4n) is 4.78. The molecule has 244 valence electrons. The number of carbonyl (C=O) groups is 5. The van der Waals surface area contributed by atoms with Crippen LogP contribution >= 0.6 is 0 Å². The zero-order valence-corrected chi connectivity index (χ0v) is 26.5. The molecule has 43 heavy (non-hydrogen) atoms. The Hall–Kier alpha value is -3.16. The van der Waals surface area contributed by atoms with Crippen LogP contribution in [0.25, 0.3) is 0 Å². The molecule has 13 nitrogen and oxygen atoms in total. The summed E-state index contributed by atoms with van der Waals surface area (Å²) in [6, 6.07) is -4.17. The predicted molar refractivity (Wildman–Crippen MR) is 165 cm³/mol. The van der Waals surface area contributed by atoms with Gasteiger partial charge in [-0.15, -0.1) is 0 Å². The molecule has 1 aromatic rings. The first-order valence-corrected chi connectivity index (χ1v) is 15.5. The van der Waals surface area contributed by atoms with E-state index in [1.807, 2.05) is 27.7 Å². The van der Waals surface area contributed by atoms with E-state index in [1.54, 1.807) is 0 Å². The van der Waals surface area contributed by atoms with Crippen LogP contribution in [0.15, 0.2) is 12.5 Å². The number of unbranched alkanes of at least 4 members (excludes halogenated alkanes) is 5. The number of hydrogen-bond acceptors (Lipinski definition) is 9. The maximum absolute atomic E-state index is 13.6. The molecule has 0 aliphatic rings. The Bertz CT molecular complexity index is 999. The zero-order valence-electron chi connectivity index (χ0n) is 26.5. The van der Waals surface area contributed by atoms with Crippen LogP contribution in [0.1, 0.15) is 98.1 Å². The number of ketones is 2. The largest absolute Gasteiger partial charge is 0.370 e. The topological polar surface area (TPSA) is 214 Å². The molecule has 0 bridgehead atoms. The maximum atomic E-state index is 13.6. The number of hydrazine groups is 1. The van der Waals surface area contributed by atoms with Gasteiger partial charge in [0.25, 0.3) is 0 Å². The van der Waals surface area contributed by atoms with Gasteiger partial charge in [0.2, 0.25) is 29.3 Å². The minimum absolute atomic E-state index is 0.0420. The lowest BCUT2D eigenvalue weighted by Crippen LogP contribution is -2.58. The average molecular weight is 607 g/mol. The number of nitrogens with two attached hydrogens (primary N) is 2. The highest BCUT2D eigenvalue weighted by Crippen LogP contribution is 2.11. The van der Waals surface area contributed by atoms with Gasteiger partial charge in [0.15, 0.2) is 0 Å². The number of Topliss-reactive ketones (excluding diaryl/α,β-unsaturated/α-hetero) is 2. The van der Waals surface area contributed by atoms with Crippen molar-refractivity contribution in [3.05, 3.63) is 18.2 Å². The monoisotopic (exact) mass is 606 g/mol. The first kappa shape index (κ1) is 37.9. The molecule has 1 aromatic heterocycles. The van der Waals surface area contributed by atoms with Crippen molar-refractivity contribution in [1.29, 1.82) is 0 Å². The van der Waals surface area contributed by atoms with E-state index in [9.17, 15) is 24.0 Å². The molecule has 0 saturated carbocycles. The molecule has 3 amide bonds. The lowest BCUT2D eigenvalue weighted by atomic mass is 9.93. The zero-order chi connectivity index (χ0) is 32.4. The summed E-state index contributed by atoms with van der Waals surface area (Å²) >= 11 is 0. The third-order valence-corrected chi connectivity index (χ3v) is 7.06.